The zero-order valence-corrected chi connectivity index (χ0v) is 20.4. The fraction of sp³-hybridized carbons (Fsp3) is 0.414. The summed E-state index contributed by atoms with van der Waals surface area (Å²) in [6, 6.07) is 0.0815. The predicted molar refractivity (Wildman–Crippen MR) is 140 cm³/mol. The SMILES string of the molecule is CCC/C=C/C=C/C[C@@H]1CCC/C=C(C)/C=C/C=C\[C@@H](O)[C@@H](O)/C=C(C)/C=C/C=C/C(=O)N1. The van der Waals surface area contributed by atoms with E-state index in [1.807, 2.05) is 26.0 Å². The first-order chi connectivity index (χ1) is 15.9. The molecule has 1 amide bonds. The zero-order valence-electron chi connectivity index (χ0n) is 20.4. The molecule has 0 aliphatic carbocycles. The summed E-state index contributed by atoms with van der Waals surface area (Å²) in [5.41, 5.74) is 1.93. The number of rotatable bonds is 5. The average Bonchev–Trinajstić information content (AvgIpc) is 2.78. The highest BCUT2D eigenvalue weighted by Crippen LogP contribution is 2.10. The molecular weight excluding hydrogens is 410 g/mol. The number of hydrogen-bond acceptors (Lipinski definition) is 3. The van der Waals surface area contributed by atoms with Gasteiger partial charge in [0.15, 0.2) is 0 Å². The van der Waals surface area contributed by atoms with E-state index in [0.717, 1.165) is 49.7 Å². The number of unbranched alkanes of at least 4 members (excludes halogenated alkanes) is 1. The lowest BCUT2D eigenvalue weighted by Gasteiger charge is -2.15. The Morgan fingerprint density at radius 3 is 2.45 bits per heavy atom. The van der Waals surface area contributed by atoms with Crippen LogP contribution in [0, 0.1) is 0 Å². The molecule has 180 valence electrons. The van der Waals surface area contributed by atoms with E-state index < -0.39 is 12.2 Å². The molecule has 33 heavy (non-hydrogen) atoms. The van der Waals surface area contributed by atoms with E-state index in [9.17, 15) is 15.0 Å². The van der Waals surface area contributed by atoms with Crippen molar-refractivity contribution in [3.8, 4) is 0 Å². The molecule has 4 nitrogen and oxygen atoms in total. The highest BCUT2D eigenvalue weighted by molar-refractivity contribution is 5.88. The molecular formula is C29H41NO3. The molecule has 0 aromatic heterocycles. The minimum absolute atomic E-state index is 0.0815. The van der Waals surface area contributed by atoms with E-state index in [1.165, 1.54) is 6.08 Å². The van der Waals surface area contributed by atoms with E-state index in [-0.39, 0.29) is 11.9 Å². The van der Waals surface area contributed by atoms with Crippen molar-refractivity contribution in [3.63, 3.8) is 0 Å². The Morgan fingerprint density at radius 1 is 0.970 bits per heavy atom. The lowest BCUT2D eigenvalue weighted by molar-refractivity contribution is -0.117. The quantitative estimate of drug-likeness (QED) is 0.463. The van der Waals surface area contributed by atoms with Gasteiger partial charge in [-0.3, -0.25) is 4.79 Å². The monoisotopic (exact) mass is 451 g/mol. The van der Waals surface area contributed by atoms with Gasteiger partial charge < -0.3 is 15.5 Å². The number of nitrogens with one attached hydrogen (secondary N) is 1. The third kappa shape index (κ3) is 14.9. The Bertz CT molecular complexity index is 809. The number of carbonyl (C=O) groups excluding carboxylic acids is 1. The largest absolute Gasteiger partial charge is 0.386 e. The van der Waals surface area contributed by atoms with Gasteiger partial charge in [-0.15, -0.1) is 0 Å². The van der Waals surface area contributed by atoms with Gasteiger partial charge in [0.25, 0.3) is 0 Å². The summed E-state index contributed by atoms with van der Waals surface area (Å²) >= 11 is 0. The van der Waals surface area contributed by atoms with Crippen LogP contribution in [0.3, 0.4) is 0 Å². The van der Waals surface area contributed by atoms with Crippen LogP contribution in [0.1, 0.15) is 59.3 Å². The third-order valence-corrected chi connectivity index (χ3v) is 5.11. The molecule has 1 aliphatic rings. The van der Waals surface area contributed by atoms with Crippen molar-refractivity contribution < 1.29 is 15.0 Å². The van der Waals surface area contributed by atoms with Crippen molar-refractivity contribution in [2.24, 2.45) is 0 Å². The molecule has 0 unspecified atom stereocenters. The van der Waals surface area contributed by atoms with Crippen LogP contribution in [0.25, 0.3) is 0 Å². The molecule has 0 saturated carbocycles. The first-order valence-corrected chi connectivity index (χ1v) is 12.0. The van der Waals surface area contributed by atoms with E-state index in [4.69, 9.17) is 0 Å². The summed E-state index contributed by atoms with van der Waals surface area (Å²) in [4.78, 5) is 12.4. The van der Waals surface area contributed by atoms with Gasteiger partial charge >= 0.3 is 0 Å². The van der Waals surface area contributed by atoms with Crippen LogP contribution in [0.15, 0.2) is 96.2 Å². The van der Waals surface area contributed by atoms with Gasteiger partial charge in [0, 0.05) is 12.1 Å². The van der Waals surface area contributed by atoms with Crippen LogP contribution >= 0.6 is 0 Å². The third-order valence-electron chi connectivity index (χ3n) is 5.11. The summed E-state index contributed by atoms with van der Waals surface area (Å²) < 4.78 is 0. The second kappa shape index (κ2) is 17.8. The van der Waals surface area contributed by atoms with Crippen molar-refractivity contribution in [1.82, 2.24) is 5.32 Å². The van der Waals surface area contributed by atoms with Gasteiger partial charge in [0.1, 0.15) is 12.2 Å². The molecule has 0 bridgehead atoms. The first kappa shape index (κ1) is 28.3. The molecule has 4 heteroatoms. The van der Waals surface area contributed by atoms with Crippen molar-refractivity contribution in [2.45, 2.75) is 77.5 Å². The van der Waals surface area contributed by atoms with Crippen molar-refractivity contribution in [1.29, 1.82) is 0 Å². The molecule has 0 radical (unpaired) electrons. The topological polar surface area (TPSA) is 69.6 Å². The van der Waals surface area contributed by atoms with Crippen molar-refractivity contribution in [3.05, 3.63) is 96.2 Å². The highest BCUT2D eigenvalue weighted by atomic mass is 16.3. The Kier molecular flexibility index (Phi) is 15.3. The van der Waals surface area contributed by atoms with Gasteiger partial charge in [-0.05, 0) is 46.0 Å². The predicted octanol–water partition coefficient (Wildman–Crippen LogP) is 5.80. The second-order valence-corrected chi connectivity index (χ2v) is 8.32. The van der Waals surface area contributed by atoms with E-state index in [0.29, 0.717) is 0 Å². The van der Waals surface area contributed by atoms with Crippen LogP contribution in [0.2, 0.25) is 0 Å². The molecule has 3 N–H and O–H groups in total. The maximum absolute atomic E-state index is 12.4. The summed E-state index contributed by atoms with van der Waals surface area (Å²) in [6.45, 7) is 6.03. The number of amides is 1. The Labute approximate surface area is 200 Å². The summed E-state index contributed by atoms with van der Waals surface area (Å²) in [5.74, 6) is -0.120. The number of aliphatic hydroxyl groups is 2. The van der Waals surface area contributed by atoms with Crippen molar-refractivity contribution >= 4 is 5.91 Å². The lowest BCUT2D eigenvalue weighted by atomic mass is 10.0. The molecule has 0 aromatic carbocycles. The van der Waals surface area contributed by atoms with E-state index in [2.05, 4.69) is 42.6 Å². The zero-order chi connectivity index (χ0) is 24.3. The summed E-state index contributed by atoms with van der Waals surface area (Å²) in [5, 5.41) is 23.3. The molecule has 1 aliphatic heterocycles. The molecule has 3 atom stereocenters. The molecule has 1 heterocycles. The standard InChI is InChI=1S/C29H41NO3/c1-4-5-6-7-8-9-19-26-20-13-10-16-24(2)17-11-14-21-27(31)28(32)23-25(3)18-12-15-22-29(33)30-26/h6-9,11-12,14-18,21-23,26-28,31-32H,4-5,10,13,19-20H2,1-3H3,(H,30,33)/b7-6+,9-8+,17-11+,18-12+,21-14-,22-15+,24-16+,25-23+/t26-,27-,28+/m1/s1. The Morgan fingerprint density at radius 2 is 1.67 bits per heavy atom. The van der Waals surface area contributed by atoms with Crippen LogP contribution in [-0.4, -0.2) is 34.4 Å². The maximum Gasteiger partial charge on any atom is 0.244 e. The van der Waals surface area contributed by atoms with Crippen LogP contribution < -0.4 is 5.32 Å². The average molecular weight is 452 g/mol. The normalized spacial score (nSPS) is 31.2. The Hall–Kier alpha value is -2.69. The molecule has 0 saturated heterocycles. The number of aliphatic hydroxyl groups excluding tert-OH is 2. The maximum atomic E-state index is 12.4. The fourth-order valence-corrected chi connectivity index (χ4v) is 3.20. The minimum Gasteiger partial charge on any atom is -0.386 e. The van der Waals surface area contributed by atoms with E-state index >= 15 is 0 Å². The van der Waals surface area contributed by atoms with Gasteiger partial charge in [0.05, 0.1) is 0 Å². The minimum atomic E-state index is -1.00. The smallest absolute Gasteiger partial charge is 0.244 e. The summed E-state index contributed by atoms with van der Waals surface area (Å²) in [7, 11) is 0. The molecule has 0 spiro atoms. The molecule has 0 aromatic rings. The molecule has 0 fully saturated rings. The molecule has 1 rings (SSSR count). The van der Waals surface area contributed by atoms with Crippen molar-refractivity contribution in [2.75, 3.05) is 0 Å². The van der Waals surface area contributed by atoms with Gasteiger partial charge in [-0.2, -0.15) is 0 Å². The number of allylic oxidation sites excluding steroid dienone is 12. The van der Waals surface area contributed by atoms with Gasteiger partial charge in [0.2, 0.25) is 5.91 Å². The second-order valence-electron chi connectivity index (χ2n) is 8.32. The lowest BCUT2D eigenvalue weighted by Crippen LogP contribution is -2.33. The van der Waals surface area contributed by atoms with Crippen LogP contribution in [-0.2, 0) is 4.79 Å². The summed E-state index contributed by atoms with van der Waals surface area (Å²) in [6.07, 6.45) is 29.9. The van der Waals surface area contributed by atoms with Gasteiger partial charge in [-0.25, -0.2) is 0 Å². The van der Waals surface area contributed by atoms with Gasteiger partial charge in [-0.1, -0.05) is 103 Å². The van der Waals surface area contributed by atoms with Crippen LogP contribution in [0.4, 0.5) is 0 Å². The number of carbonyl (C=O) groups is 1. The Balaban J connectivity index is 2.92. The first-order valence-electron chi connectivity index (χ1n) is 12.0. The van der Waals surface area contributed by atoms with E-state index in [1.54, 1.807) is 36.5 Å². The highest BCUT2D eigenvalue weighted by Gasteiger charge is 2.10. The fourth-order valence-electron chi connectivity index (χ4n) is 3.20. The number of hydrogen-bond donors (Lipinski definition) is 3. The van der Waals surface area contributed by atoms with Crippen LogP contribution in [0.5, 0.6) is 0 Å².